The van der Waals surface area contributed by atoms with Crippen LogP contribution < -0.4 is 5.32 Å². The van der Waals surface area contributed by atoms with Crippen molar-refractivity contribution in [1.82, 2.24) is 14.5 Å². The van der Waals surface area contributed by atoms with Gasteiger partial charge in [0.05, 0.1) is 0 Å². The van der Waals surface area contributed by atoms with Gasteiger partial charge in [0.2, 0.25) is 0 Å². The Hall–Kier alpha value is -0.910. The number of urea groups is 2. The molecule has 1 aliphatic heterocycles. The number of nitrogens with one attached hydrogen (secondary N) is 1. The van der Waals surface area contributed by atoms with Crippen molar-refractivity contribution in [3.63, 3.8) is 0 Å². The average Bonchev–Trinajstić information content (AvgIpc) is 1.99. The van der Waals surface area contributed by atoms with E-state index in [0.717, 1.165) is 4.90 Å². The molecule has 0 aromatic heterocycles. The van der Waals surface area contributed by atoms with E-state index in [1.54, 1.807) is 20.8 Å². The molecule has 1 fully saturated rings. The van der Waals surface area contributed by atoms with Crippen molar-refractivity contribution < 1.29 is 9.59 Å². The van der Waals surface area contributed by atoms with Crippen molar-refractivity contribution >= 4 is 24.9 Å². The van der Waals surface area contributed by atoms with Gasteiger partial charge < -0.3 is 5.32 Å². The van der Waals surface area contributed by atoms with Gasteiger partial charge in [-0.1, -0.05) is 12.8 Å². The van der Waals surface area contributed by atoms with Gasteiger partial charge in [0, 0.05) is 6.04 Å². The molecule has 1 N–H and O–H groups in total. The summed E-state index contributed by atoms with van der Waals surface area (Å²) in [6.45, 7) is 5.24. The van der Waals surface area contributed by atoms with E-state index in [0.29, 0.717) is 0 Å². The van der Waals surface area contributed by atoms with E-state index in [2.05, 4.69) is 18.1 Å². The lowest BCUT2D eigenvalue weighted by molar-refractivity contribution is 0.134. The van der Waals surface area contributed by atoms with Crippen LogP contribution in [0.1, 0.15) is 20.8 Å². The topological polar surface area (TPSA) is 52.7 Å². The molecule has 74 valence electrons. The summed E-state index contributed by atoms with van der Waals surface area (Å²) < 4.78 is 1.20. The van der Waals surface area contributed by atoms with Crippen LogP contribution >= 0.6 is 12.8 Å². The van der Waals surface area contributed by atoms with Gasteiger partial charge in [-0.2, -0.15) is 0 Å². The maximum atomic E-state index is 11.5. The summed E-state index contributed by atoms with van der Waals surface area (Å²) in [5, 5.41) is 2.61. The Balaban J connectivity index is 2.86. The van der Waals surface area contributed by atoms with Crippen molar-refractivity contribution in [2.45, 2.75) is 33.0 Å². The average molecular weight is 203 g/mol. The van der Waals surface area contributed by atoms with Crippen molar-refractivity contribution in [2.75, 3.05) is 0 Å². The molecule has 6 heteroatoms. The molecule has 1 rings (SSSR count). The molecule has 4 amide bonds. The first-order valence-corrected chi connectivity index (χ1v) is 4.47. The normalized spacial score (nSPS) is 23.9. The van der Waals surface area contributed by atoms with E-state index >= 15 is 0 Å². The zero-order valence-corrected chi connectivity index (χ0v) is 8.71. The maximum absolute atomic E-state index is 11.5. The molecular formula is C7H13N3O2S. The molecular weight excluding hydrogens is 190 g/mol. The summed E-state index contributed by atoms with van der Waals surface area (Å²) in [6, 6.07) is -0.901. The van der Waals surface area contributed by atoms with E-state index in [1.807, 2.05) is 0 Å². The van der Waals surface area contributed by atoms with Crippen LogP contribution in [0.2, 0.25) is 0 Å². The van der Waals surface area contributed by atoms with Gasteiger partial charge in [-0.05, 0) is 20.8 Å². The number of carbonyl (C=O) groups is 2. The molecule has 0 aliphatic carbocycles. The third kappa shape index (κ3) is 1.72. The zero-order valence-electron chi connectivity index (χ0n) is 7.81. The summed E-state index contributed by atoms with van der Waals surface area (Å²) in [4.78, 5) is 24.0. The standard InChI is InChI=1S/C7H13N3O2S/c1-4(2)9-6(11)8-5(3)10(13)7(9)12/h4-5,13H,1-3H3,(H,8,11). The van der Waals surface area contributed by atoms with Gasteiger partial charge in [-0.15, -0.1) is 0 Å². The number of carbonyl (C=O) groups excluding carboxylic acids is 2. The van der Waals surface area contributed by atoms with Crippen LogP contribution in [0.3, 0.4) is 0 Å². The third-order valence-electron chi connectivity index (χ3n) is 1.84. The predicted octanol–water partition coefficient (Wildman–Crippen LogP) is 1.03. The highest BCUT2D eigenvalue weighted by atomic mass is 32.1. The maximum Gasteiger partial charge on any atom is 0.340 e. The molecule has 0 spiro atoms. The van der Waals surface area contributed by atoms with E-state index in [9.17, 15) is 9.59 Å². The van der Waals surface area contributed by atoms with E-state index in [1.165, 1.54) is 4.31 Å². The monoisotopic (exact) mass is 203 g/mol. The predicted molar refractivity (Wildman–Crippen MR) is 51.2 cm³/mol. The number of imide groups is 1. The minimum absolute atomic E-state index is 0.158. The Kier molecular flexibility index (Phi) is 2.70. The molecule has 5 nitrogen and oxygen atoms in total. The summed E-state index contributed by atoms with van der Waals surface area (Å²) >= 11 is 3.97. The minimum atomic E-state index is -0.380. The third-order valence-corrected chi connectivity index (χ3v) is 2.35. The Morgan fingerprint density at radius 1 is 1.46 bits per heavy atom. The van der Waals surface area contributed by atoms with Crippen LogP contribution in [-0.4, -0.2) is 33.5 Å². The number of thiol groups is 1. The molecule has 1 aliphatic rings. The van der Waals surface area contributed by atoms with Crippen LogP contribution in [-0.2, 0) is 0 Å². The van der Waals surface area contributed by atoms with E-state index in [4.69, 9.17) is 0 Å². The smallest absolute Gasteiger partial charge is 0.316 e. The molecule has 1 heterocycles. The highest BCUT2D eigenvalue weighted by Crippen LogP contribution is 2.14. The molecule has 0 aromatic rings. The highest BCUT2D eigenvalue weighted by Gasteiger charge is 2.36. The van der Waals surface area contributed by atoms with E-state index in [-0.39, 0.29) is 24.3 Å². The van der Waals surface area contributed by atoms with Crippen LogP contribution in [0.4, 0.5) is 9.59 Å². The molecule has 0 radical (unpaired) electrons. The summed E-state index contributed by atoms with van der Waals surface area (Å²) in [5.41, 5.74) is 0. The molecule has 1 saturated heterocycles. The largest absolute Gasteiger partial charge is 0.340 e. The second kappa shape index (κ2) is 3.45. The molecule has 0 bridgehead atoms. The highest BCUT2D eigenvalue weighted by molar-refractivity contribution is 7.78. The molecule has 1 unspecified atom stereocenters. The van der Waals surface area contributed by atoms with Crippen molar-refractivity contribution in [1.29, 1.82) is 0 Å². The fraction of sp³-hybridized carbons (Fsp3) is 0.714. The lowest BCUT2D eigenvalue weighted by Crippen LogP contribution is -2.62. The second-order valence-corrected chi connectivity index (χ2v) is 3.65. The second-order valence-electron chi connectivity index (χ2n) is 3.22. The first-order chi connectivity index (χ1) is 5.95. The van der Waals surface area contributed by atoms with Gasteiger partial charge in [-0.3, -0.25) is 0 Å². The van der Waals surface area contributed by atoms with Crippen molar-refractivity contribution in [2.24, 2.45) is 0 Å². The van der Waals surface area contributed by atoms with Gasteiger partial charge in [0.15, 0.2) is 0 Å². The van der Waals surface area contributed by atoms with Crippen LogP contribution in [0.15, 0.2) is 0 Å². The zero-order chi connectivity index (χ0) is 10.2. The summed E-state index contributed by atoms with van der Waals surface area (Å²) in [7, 11) is 0. The van der Waals surface area contributed by atoms with E-state index < -0.39 is 0 Å². The summed E-state index contributed by atoms with van der Waals surface area (Å²) in [5.74, 6) is 0. The first kappa shape index (κ1) is 10.2. The van der Waals surface area contributed by atoms with Gasteiger partial charge in [0.25, 0.3) is 0 Å². The Bertz CT molecular complexity index is 244. The lowest BCUT2D eigenvalue weighted by atomic mass is 10.3. The van der Waals surface area contributed by atoms with Gasteiger partial charge in [0.1, 0.15) is 6.17 Å². The SMILES string of the molecule is CC1NC(=O)N(C(C)C)C(=O)N1S. The lowest BCUT2D eigenvalue weighted by Gasteiger charge is -2.37. The molecule has 13 heavy (non-hydrogen) atoms. The number of rotatable bonds is 1. The van der Waals surface area contributed by atoms with Crippen molar-refractivity contribution in [3.05, 3.63) is 0 Å². The fourth-order valence-corrected chi connectivity index (χ4v) is 1.28. The Morgan fingerprint density at radius 3 is 2.46 bits per heavy atom. The van der Waals surface area contributed by atoms with Crippen LogP contribution in [0.5, 0.6) is 0 Å². The number of nitrogens with zero attached hydrogens (tertiary/aromatic N) is 2. The fourth-order valence-electron chi connectivity index (χ4n) is 1.13. The molecule has 0 aromatic carbocycles. The molecule has 0 saturated carbocycles. The van der Waals surface area contributed by atoms with Crippen LogP contribution in [0, 0.1) is 0 Å². The summed E-state index contributed by atoms with van der Waals surface area (Å²) in [6.07, 6.45) is -0.363. The first-order valence-electron chi connectivity index (χ1n) is 4.07. The molecule has 1 atom stereocenters. The minimum Gasteiger partial charge on any atom is -0.316 e. The number of amides is 4. The Labute approximate surface area is 82.6 Å². The number of hydrogen-bond acceptors (Lipinski definition) is 3. The van der Waals surface area contributed by atoms with Crippen molar-refractivity contribution in [3.8, 4) is 0 Å². The number of hydrogen-bond donors (Lipinski definition) is 2. The van der Waals surface area contributed by atoms with Crippen LogP contribution in [0.25, 0.3) is 0 Å². The van der Waals surface area contributed by atoms with Gasteiger partial charge >= 0.3 is 12.1 Å². The quantitative estimate of drug-likeness (QED) is 0.625. The Morgan fingerprint density at radius 2 is 2.00 bits per heavy atom. The van der Waals surface area contributed by atoms with Gasteiger partial charge in [-0.25, -0.2) is 18.8 Å².